The maximum Gasteiger partial charge on any atom is 0.294 e. The Kier molecular flexibility index (Phi) is 6.22. The Labute approximate surface area is 175 Å². The number of aromatic nitrogens is 2. The number of H-pyrrole nitrogens is 1. The van der Waals surface area contributed by atoms with Crippen molar-refractivity contribution in [3.8, 4) is 17.3 Å². The van der Waals surface area contributed by atoms with Gasteiger partial charge in [0.05, 0.1) is 5.69 Å². The van der Waals surface area contributed by atoms with E-state index in [2.05, 4.69) is 20.6 Å². The van der Waals surface area contributed by atoms with Crippen LogP contribution in [0.2, 0.25) is 5.02 Å². The smallest absolute Gasteiger partial charge is 0.294 e. The highest BCUT2D eigenvalue weighted by Gasteiger charge is 2.16. The highest BCUT2D eigenvalue weighted by molar-refractivity contribution is 6.41. The van der Waals surface area contributed by atoms with Crippen LogP contribution in [0.4, 0.5) is 17.3 Å². The number of rotatable bonds is 6. The molecule has 0 aliphatic heterocycles. The number of nitrogens with one attached hydrogen (secondary N) is 3. The molecule has 1 amide bonds. The van der Waals surface area contributed by atoms with Crippen molar-refractivity contribution in [1.82, 2.24) is 9.97 Å². The summed E-state index contributed by atoms with van der Waals surface area (Å²) in [5.74, 6) is -1.89. The summed E-state index contributed by atoms with van der Waals surface area (Å²) in [7, 11) is 0. The summed E-state index contributed by atoms with van der Waals surface area (Å²) >= 11 is 5.86. The van der Waals surface area contributed by atoms with Crippen LogP contribution in [0.15, 0.2) is 53.3 Å². The van der Waals surface area contributed by atoms with Crippen molar-refractivity contribution in [1.29, 1.82) is 5.26 Å². The van der Waals surface area contributed by atoms with Gasteiger partial charge in [0, 0.05) is 22.0 Å². The number of aromatic amines is 1. The fraction of sp³-hybridized carbons (Fsp3) is 0.0500. The molecular formula is C20H14ClN5O4. The molecule has 3 rings (SSSR count). The second kappa shape index (κ2) is 9.00. The Balaban J connectivity index is 1.99. The lowest BCUT2D eigenvalue weighted by atomic mass is 10.1. The maximum atomic E-state index is 12.4. The first-order valence-corrected chi connectivity index (χ1v) is 8.91. The Hall–Kier alpha value is -4.00. The van der Waals surface area contributed by atoms with E-state index in [4.69, 9.17) is 16.7 Å². The molecule has 3 aromatic rings. The minimum absolute atomic E-state index is 0.0855. The third-order valence-electron chi connectivity index (χ3n) is 3.93. The van der Waals surface area contributed by atoms with E-state index in [1.54, 1.807) is 36.4 Å². The van der Waals surface area contributed by atoms with Gasteiger partial charge in [-0.2, -0.15) is 5.26 Å². The van der Waals surface area contributed by atoms with Crippen LogP contribution in [0, 0.1) is 11.3 Å². The van der Waals surface area contributed by atoms with Gasteiger partial charge in [-0.25, -0.2) is 4.98 Å². The summed E-state index contributed by atoms with van der Waals surface area (Å²) in [5.41, 5.74) is 0.433. The molecule has 4 N–H and O–H groups in total. The highest BCUT2D eigenvalue weighted by Crippen LogP contribution is 2.24. The van der Waals surface area contributed by atoms with Gasteiger partial charge in [-0.3, -0.25) is 19.4 Å². The van der Waals surface area contributed by atoms with E-state index >= 15 is 0 Å². The van der Waals surface area contributed by atoms with Gasteiger partial charge in [0.25, 0.3) is 11.5 Å². The number of halogens is 1. The molecule has 9 nitrogen and oxygen atoms in total. The van der Waals surface area contributed by atoms with Gasteiger partial charge in [-0.1, -0.05) is 23.7 Å². The van der Waals surface area contributed by atoms with Crippen LogP contribution in [-0.2, 0) is 9.59 Å². The standard InChI is InChI=1S/C20H14ClN5O4/c21-12-4-6-13(7-5-12)24-20-25-17(15(9-22)18(29)26-20)11-2-1-3-14(8-11)23-19(30)16(28)10-27/h1-8,27H,10H2,(H,23,30)(H2,24,25,26,29). The van der Waals surface area contributed by atoms with Crippen LogP contribution < -0.4 is 16.2 Å². The molecule has 0 saturated heterocycles. The van der Waals surface area contributed by atoms with E-state index in [1.807, 2.05) is 6.07 Å². The third-order valence-corrected chi connectivity index (χ3v) is 4.18. The van der Waals surface area contributed by atoms with Crippen molar-refractivity contribution in [3.63, 3.8) is 0 Å². The minimum Gasteiger partial charge on any atom is -0.388 e. The van der Waals surface area contributed by atoms with Crippen molar-refractivity contribution in [3.05, 3.63) is 69.5 Å². The summed E-state index contributed by atoms with van der Waals surface area (Å²) in [6.45, 7) is -0.917. The maximum absolute atomic E-state index is 12.4. The number of hydrogen-bond acceptors (Lipinski definition) is 7. The van der Waals surface area contributed by atoms with E-state index in [9.17, 15) is 19.6 Å². The number of carbonyl (C=O) groups excluding carboxylic acids is 2. The minimum atomic E-state index is -0.998. The Morgan fingerprint density at radius 3 is 2.57 bits per heavy atom. The number of amides is 1. The predicted octanol–water partition coefficient (Wildman–Crippen LogP) is 2.21. The number of Topliss-reactive ketones (excluding diaryl/α,β-unsaturated/α-hetero) is 1. The highest BCUT2D eigenvalue weighted by atomic mass is 35.5. The molecule has 0 unspecified atom stereocenters. The Bertz CT molecular complexity index is 1220. The van der Waals surface area contributed by atoms with Gasteiger partial charge in [-0.15, -0.1) is 0 Å². The second-order valence-corrected chi connectivity index (χ2v) is 6.43. The average Bonchev–Trinajstić information content (AvgIpc) is 2.74. The molecule has 2 aromatic carbocycles. The number of aliphatic hydroxyl groups is 1. The van der Waals surface area contributed by atoms with Gasteiger partial charge < -0.3 is 15.7 Å². The van der Waals surface area contributed by atoms with E-state index in [1.165, 1.54) is 12.1 Å². The molecule has 0 aliphatic rings. The Morgan fingerprint density at radius 1 is 1.17 bits per heavy atom. The first kappa shape index (κ1) is 20.7. The SMILES string of the molecule is N#Cc1c(-c2cccc(NC(=O)C(=O)CO)c2)nc(Nc2ccc(Cl)cc2)[nH]c1=O. The van der Waals surface area contributed by atoms with Gasteiger partial charge in [0.1, 0.15) is 18.2 Å². The fourth-order valence-corrected chi connectivity index (χ4v) is 2.66. The number of nitriles is 1. The van der Waals surface area contributed by atoms with Gasteiger partial charge >= 0.3 is 0 Å². The van der Waals surface area contributed by atoms with Crippen molar-refractivity contribution >= 4 is 40.6 Å². The molecule has 0 bridgehead atoms. The lowest BCUT2D eigenvalue weighted by Gasteiger charge is -2.10. The molecule has 1 aromatic heterocycles. The zero-order valence-electron chi connectivity index (χ0n) is 15.3. The number of hydrogen-bond donors (Lipinski definition) is 4. The van der Waals surface area contributed by atoms with Crippen LogP contribution in [0.25, 0.3) is 11.3 Å². The normalized spacial score (nSPS) is 10.2. The van der Waals surface area contributed by atoms with Crippen LogP contribution in [0.3, 0.4) is 0 Å². The van der Waals surface area contributed by atoms with E-state index in [0.29, 0.717) is 16.3 Å². The molecule has 0 fully saturated rings. The molecule has 1 heterocycles. The number of aliphatic hydroxyl groups excluding tert-OH is 1. The largest absolute Gasteiger partial charge is 0.388 e. The first-order valence-electron chi connectivity index (χ1n) is 8.53. The molecule has 30 heavy (non-hydrogen) atoms. The molecular weight excluding hydrogens is 410 g/mol. The first-order chi connectivity index (χ1) is 14.4. The summed E-state index contributed by atoms with van der Waals surface area (Å²) in [4.78, 5) is 42.2. The van der Waals surface area contributed by atoms with E-state index < -0.39 is 23.9 Å². The summed E-state index contributed by atoms with van der Waals surface area (Å²) in [6, 6.07) is 14.6. The molecule has 150 valence electrons. The number of benzene rings is 2. The predicted molar refractivity (Wildman–Crippen MR) is 110 cm³/mol. The zero-order chi connectivity index (χ0) is 21.7. The summed E-state index contributed by atoms with van der Waals surface area (Å²) < 4.78 is 0. The van der Waals surface area contributed by atoms with Gasteiger partial charge in [0.15, 0.2) is 0 Å². The lowest BCUT2D eigenvalue weighted by Crippen LogP contribution is -2.25. The van der Waals surface area contributed by atoms with Crippen molar-refractivity contribution < 1.29 is 14.7 Å². The van der Waals surface area contributed by atoms with Crippen LogP contribution in [-0.4, -0.2) is 33.4 Å². The van der Waals surface area contributed by atoms with Crippen LogP contribution in [0.5, 0.6) is 0 Å². The third kappa shape index (κ3) is 4.70. The monoisotopic (exact) mass is 423 g/mol. The van der Waals surface area contributed by atoms with Gasteiger partial charge in [-0.05, 0) is 36.4 Å². The number of carbonyl (C=O) groups is 2. The topological polar surface area (TPSA) is 148 Å². The van der Waals surface area contributed by atoms with Gasteiger partial charge in [0.2, 0.25) is 11.7 Å². The molecule has 0 aliphatic carbocycles. The molecule has 0 spiro atoms. The molecule has 0 saturated carbocycles. The van der Waals surface area contributed by atoms with E-state index in [0.717, 1.165) is 0 Å². The number of ketones is 1. The zero-order valence-corrected chi connectivity index (χ0v) is 16.0. The number of anilines is 3. The quantitative estimate of drug-likeness (QED) is 0.444. The summed E-state index contributed by atoms with van der Waals surface area (Å²) in [5, 5.41) is 24.0. The second-order valence-electron chi connectivity index (χ2n) is 6.00. The van der Waals surface area contributed by atoms with Crippen molar-refractivity contribution in [2.24, 2.45) is 0 Å². The molecule has 0 radical (unpaired) electrons. The van der Waals surface area contributed by atoms with Crippen molar-refractivity contribution in [2.75, 3.05) is 17.2 Å². The molecule has 0 atom stereocenters. The van der Waals surface area contributed by atoms with Crippen LogP contribution >= 0.6 is 11.6 Å². The Morgan fingerprint density at radius 2 is 1.90 bits per heavy atom. The van der Waals surface area contributed by atoms with E-state index in [-0.39, 0.29) is 22.9 Å². The lowest BCUT2D eigenvalue weighted by molar-refractivity contribution is -0.136. The van der Waals surface area contributed by atoms with Crippen LogP contribution in [0.1, 0.15) is 5.56 Å². The average molecular weight is 424 g/mol. The van der Waals surface area contributed by atoms with Crippen molar-refractivity contribution in [2.45, 2.75) is 0 Å². The molecule has 10 heteroatoms. The number of nitrogens with zero attached hydrogens (tertiary/aromatic N) is 2. The summed E-state index contributed by atoms with van der Waals surface area (Å²) in [6.07, 6.45) is 0. The fourth-order valence-electron chi connectivity index (χ4n) is 2.53.